The summed E-state index contributed by atoms with van der Waals surface area (Å²) in [5.41, 5.74) is 2.09. The Kier molecular flexibility index (Phi) is 8.35. The summed E-state index contributed by atoms with van der Waals surface area (Å²) in [6.07, 6.45) is 0. The van der Waals surface area contributed by atoms with Gasteiger partial charge in [0.1, 0.15) is 0 Å². The molecule has 1 heterocycles. The lowest BCUT2D eigenvalue weighted by Gasteiger charge is -2.26. The fraction of sp³-hybridized carbons (Fsp3) is 0.286. The van der Waals surface area contributed by atoms with Crippen molar-refractivity contribution in [2.75, 3.05) is 14.2 Å². The topological polar surface area (TPSA) is 90.2 Å². The van der Waals surface area contributed by atoms with Crippen molar-refractivity contribution in [3.05, 3.63) is 82.7 Å². The van der Waals surface area contributed by atoms with E-state index in [2.05, 4.69) is 4.99 Å². The van der Waals surface area contributed by atoms with Crippen LogP contribution in [0.2, 0.25) is 0 Å². The summed E-state index contributed by atoms with van der Waals surface area (Å²) in [6, 6.07) is 18.9. The van der Waals surface area contributed by atoms with E-state index in [0.717, 1.165) is 15.8 Å². The van der Waals surface area contributed by atoms with Gasteiger partial charge in [-0.15, -0.1) is 0 Å². The van der Waals surface area contributed by atoms with Gasteiger partial charge in [-0.1, -0.05) is 41.7 Å². The Morgan fingerprint density at radius 3 is 2.21 bits per heavy atom. The lowest BCUT2D eigenvalue weighted by molar-refractivity contribution is 0.0997. The number of nitrogens with zero attached hydrogens (tertiary/aromatic N) is 3. The lowest BCUT2D eigenvalue weighted by Crippen LogP contribution is -2.36. The van der Waals surface area contributed by atoms with Gasteiger partial charge in [-0.2, -0.15) is 9.30 Å². The maximum atomic E-state index is 13.4. The second-order valence-corrected chi connectivity index (χ2v) is 11.8. The molecule has 0 saturated heterocycles. The monoisotopic (exact) mass is 553 g/mol. The molecule has 0 fully saturated rings. The van der Waals surface area contributed by atoms with Crippen LogP contribution in [0.4, 0.5) is 0 Å². The number of amides is 1. The Hall–Kier alpha value is -3.47. The van der Waals surface area contributed by atoms with Gasteiger partial charge in [0.15, 0.2) is 16.3 Å². The van der Waals surface area contributed by atoms with E-state index in [0.29, 0.717) is 28.4 Å². The molecule has 200 valence electrons. The highest BCUT2D eigenvalue weighted by molar-refractivity contribution is 7.89. The summed E-state index contributed by atoms with van der Waals surface area (Å²) >= 11 is 1.37. The van der Waals surface area contributed by atoms with Gasteiger partial charge in [0.05, 0.1) is 29.3 Å². The van der Waals surface area contributed by atoms with Crippen molar-refractivity contribution in [1.82, 2.24) is 8.87 Å². The number of hydrogen-bond acceptors (Lipinski definition) is 6. The summed E-state index contributed by atoms with van der Waals surface area (Å²) in [6.45, 7) is 6.52. The van der Waals surface area contributed by atoms with E-state index < -0.39 is 15.9 Å². The molecule has 10 heteroatoms. The number of rotatable bonds is 9. The lowest BCUT2D eigenvalue weighted by atomic mass is 10.2. The summed E-state index contributed by atoms with van der Waals surface area (Å²) in [4.78, 5) is 18.1. The molecule has 3 aromatic carbocycles. The fourth-order valence-electron chi connectivity index (χ4n) is 4.15. The second-order valence-electron chi connectivity index (χ2n) is 8.87. The Balaban J connectivity index is 1.65. The van der Waals surface area contributed by atoms with Crippen molar-refractivity contribution in [2.24, 2.45) is 4.99 Å². The van der Waals surface area contributed by atoms with E-state index in [4.69, 9.17) is 9.47 Å². The molecule has 1 aromatic heterocycles. The maximum absolute atomic E-state index is 13.4. The van der Waals surface area contributed by atoms with E-state index in [1.165, 1.54) is 39.9 Å². The molecule has 0 bridgehead atoms. The third-order valence-electron chi connectivity index (χ3n) is 6.17. The molecule has 0 radical (unpaired) electrons. The molecule has 0 aliphatic rings. The molecular weight excluding hydrogens is 522 g/mol. The molecule has 1 amide bonds. The number of aryl methyl sites for hydroxylation is 1. The molecule has 0 N–H and O–H groups in total. The molecule has 0 spiro atoms. The van der Waals surface area contributed by atoms with Gasteiger partial charge in [0.2, 0.25) is 10.0 Å². The van der Waals surface area contributed by atoms with E-state index in [1.807, 2.05) is 67.8 Å². The Morgan fingerprint density at radius 2 is 1.63 bits per heavy atom. The second kappa shape index (κ2) is 11.5. The third-order valence-corrected chi connectivity index (χ3v) is 9.24. The van der Waals surface area contributed by atoms with Crippen LogP contribution in [0.15, 0.2) is 76.6 Å². The standard InChI is InChI=1S/C28H31N3O5S2/c1-6-30-23-16-24(35-4)25(36-5)17-26(23)37-28(30)29-27(32)21-12-14-22(15-13-21)38(33,34)31(19(2)3)18-20-10-8-7-9-11-20/h7-17,19H,6,18H2,1-5H3. The summed E-state index contributed by atoms with van der Waals surface area (Å²) in [5.74, 6) is 0.742. The number of aromatic nitrogens is 1. The summed E-state index contributed by atoms with van der Waals surface area (Å²) in [7, 11) is -0.624. The zero-order valence-corrected chi connectivity index (χ0v) is 23.7. The van der Waals surface area contributed by atoms with E-state index in [-0.39, 0.29) is 17.5 Å². The molecule has 4 rings (SSSR count). The molecular formula is C28H31N3O5S2. The molecule has 0 unspecified atom stereocenters. The summed E-state index contributed by atoms with van der Waals surface area (Å²) < 4.78 is 42.0. The zero-order valence-electron chi connectivity index (χ0n) is 22.0. The van der Waals surface area contributed by atoms with Crippen molar-refractivity contribution < 1.29 is 22.7 Å². The molecule has 38 heavy (non-hydrogen) atoms. The first-order valence-electron chi connectivity index (χ1n) is 12.2. The molecule has 0 aliphatic heterocycles. The van der Waals surface area contributed by atoms with Crippen LogP contribution >= 0.6 is 11.3 Å². The molecule has 0 aliphatic carbocycles. The van der Waals surface area contributed by atoms with E-state index in [1.54, 1.807) is 14.2 Å². The van der Waals surface area contributed by atoms with Gasteiger partial charge in [0.25, 0.3) is 5.91 Å². The highest BCUT2D eigenvalue weighted by Gasteiger charge is 2.27. The van der Waals surface area contributed by atoms with Gasteiger partial charge in [-0.3, -0.25) is 4.79 Å². The minimum Gasteiger partial charge on any atom is -0.493 e. The first-order valence-corrected chi connectivity index (χ1v) is 14.5. The van der Waals surface area contributed by atoms with Crippen LogP contribution in [0.5, 0.6) is 11.5 Å². The Labute approximate surface area is 226 Å². The highest BCUT2D eigenvalue weighted by Crippen LogP contribution is 2.33. The first-order chi connectivity index (χ1) is 18.2. The largest absolute Gasteiger partial charge is 0.493 e. The van der Waals surface area contributed by atoms with Crippen molar-refractivity contribution in [3.63, 3.8) is 0 Å². The quantitative estimate of drug-likeness (QED) is 0.288. The Morgan fingerprint density at radius 1 is 1.00 bits per heavy atom. The van der Waals surface area contributed by atoms with Crippen molar-refractivity contribution in [3.8, 4) is 11.5 Å². The van der Waals surface area contributed by atoms with Crippen LogP contribution in [0.25, 0.3) is 10.2 Å². The highest BCUT2D eigenvalue weighted by atomic mass is 32.2. The van der Waals surface area contributed by atoms with Gasteiger partial charge in [-0.05, 0) is 50.6 Å². The number of sulfonamides is 1. The van der Waals surface area contributed by atoms with Crippen LogP contribution in [0, 0.1) is 0 Å². The SMILES string of the molecule is CCn1c(=NC(=O)c2ccc(S(=O)(=O)N(Cc3ccccc3)C(C)C)cc2)sc2cc(OC)c(OC)cc21. The third kappa shape index (κ3) is 5.52. The minimum atomic E-state index is -3.78. The zero-order chi connectivity index (χ0) is 27.4. The number of fused-ring (bicyclic) bond motifs is 1. The van der Waals surface area contributed by atoms with Crippen LogP contribution in [-0.4, -0.2) is 43.5 Å². The van der Waals surface area contributed by atoms with Crippen LogP contribution in [0.1, 0.15) is 36.7 Å². The number of carbonyl (C=O) groups is 1. The number of hydrogen-bond donors (Lipinski definition) is 0. The van der Waals surface area contributed by atoms with Gasteiger partial charge in [0, 0.05) is 36.8 Å². The van der Waals surface area contributed by atoms with Crippen LogP contribution in [0.3, 0.4) is 0 Å². The van der Waals surface area contributed by atoms with Gasteiger partial charge < -0.3 is 14.0 Å². The predicted octanol–water partition coefficient (Wildman–Crippen LogP) is 5.08. The van der Waals surface area contributed by atoms with Crippen LogP contribution in [-0.2, 0) is 23.1 Å². The van der Waals surface area contributed by atoms with Gasteiger partial charge >= 0.3 is 0 Å². The molecule has 4 aromatic rings. The van der Waals surface area contributed by atoms with Crippen LogP contribution < -0.4 is 14.3 Å². The average molecular weight is 554 g/mol. The van der Waals surface area contributed by atoms with Gasteiger partial charge in [-0.25, -0.2) is 8.42 Å². The molecule has 8 nitrogen and oxygen atoms in total. The fourth-order valence-corrected chi connectivity index (χ4v) is 6.88. The molecule has 0 saturated carbocycles. The minimum absolute atomic E-state index is 0.128. The summed E-state index contributed by atoms with van der Waals surface area (Å²) in [5, 5.41) is 0. The van der Waals surface area contributed by atoms with Crippen molar-refractivity contribution in [2.45, 2.75) is 44.8 Å². The first kappa shape index (κ1) is 27.6. The maximum Gasteiger partial charge on any atom is 0.279 e. The number of benzene rings is 3. The predicted molar refractivity (Wildman–Crippen MR) is 149 cm³/mol. The van der Waals surface area contributed by atoms with E-state index >= 15 is 0 Å². The number of thiazole rings is 1. The smallest absolute Gasteiger partial charge is 0.279 e. The average Bonchev–Trinajstić information content (AvgIpc) is 3.26. The van der Waals surface area contributed by atoms with Crippen molar-refractivity contribution in [1.29, 1.82) is 0 Å². The number of ether oxygens (including phenoxy) is 2. The van der Waals surface area contributed by atoms with E-state index in [9.17, 15) is 13.2 Å². The Bertz CT molecular complexity index is 1610. The number of methoxy groups -OCH3 is 2. The molecule has 0 atom stereocenters. The van der Waals surface area contributed by atoms with Crippen molar-refractivity contribution >= 4 is 37.5 Å². The normalized spacial score (nSPS) is 12.4. The number of carbonyl (C=O) groups excluding carboxylic acids is 1.